The number of aromatic nitrogens is 3. The summed E-state index contributed by atoms with van der Waals surface area (Å²) in [7, 11) is 0. The summed E-state index contributed by atoms with van der Waals surface area (Å²) in [5.74, 6) is 0. The van der Waals surface area contributed by atoms with E-state index in [-0.39, 0.29) is 0 Å². The molecule has 4 nitrogen and oxygen atoms in total. The van der Waals surface area contributed by atoms with Gasteiger partial charge in [0.2, 0.25) is 0 Å². The topological polar surface area (TPSA) is 42.7 Å². The van der Waals surface area contributed by atoms with Gasteiger partial charge in [-0.05, 0) is 32.0 Å². The molecule has 0 saturated carbocycles. The molecule has 2 aromatic rings. The molecule has 0 aromatic carbocycles. The van der Waals surface area contributed by atoms with Crippen molar-refractivity contribution >= 4 is 22.9 Å². The van der Waals surface area contributed by atoms with Gasteiger partial charge in [0, 0.05) is 23.7 Å². The molecular weight excluding hydrogens is 256 g/mol. The highest BCUT2D eigenvalue weighted by molar-refractivity contribution is 7.16. The molecule has 92 valence electrons. The second kappa shape index (κ2) is 6.14. The monoisotopic (exact) mass is 270 g/mol. The quantitative estimate of drug-likeness (QED) is 0.821. The summed E-state index contributed by atoms with van der Waals surface area (Å²) in [5, 5.41) is 11.1. The lowest BCUT2D eigenvalue weighted by molar-refractivity contribution is 0.502. The van der Waals surface area contributed by atoms with Gasteiger partial charge in [-0.15, -0.1) is 16.4 Å². The average Bonchev–Trinajstić information content (AvgIpc) is 2.95. The second-order valence-corrected chi connectivity index (χ2v) is 5.58. The maximum atomic E-state index is 5.91. The maximum absolute atomic E-state index is 5.91. The van der Waals surface area contributed by atoms with Crippen molar-refractivity contribution in [2.75, 3.05) is 6.54 Å². The van der Waals surface area contributed by atoms with Gasteiger partial charge in [0.1, 0.15) is 0 Å². The molecule has 17 heavy (non-hydrogen) atoms. The van der Waals surface area contributed by atoms with Crippen molar-refractivity contribution < 1.29 is 0 Å². The first-order valence-corrected chi connectivity index (χ1v) is 6.78. The zero-order valence-electron chi connectivity index (χ0n) is 9.64. The van der Waals surface area contributed by atoms with Crippen LogP contribution in [0.4, 0.5) is 0 Å². The smallest absolute Gasteiger partial charge is 0.0931 e. The van der Waals surface area contributed by atoms with E-state index in [2.05, 4.69) is 28.6 Å². The fraction of sp³-hybridized carbons (Fsp3) is 0.455. The Balaban J connectivity index is 1.68. The highest BCUT2D eigenvalue weighted by atomic mass is 35.5. The molecule has 0 amide bonds. The molecule has 0 bridgehead atoms. The van der Waals surface area contributed by atoms with Gasteiger partial charge in [0.15, 0.2) is 0 Å². The van der Waals surface area contributed by atoms with E-state index in [0.29, 0.717) is 6.04 Å². The molecule has 1 unspecified atom stereocenters. The van der Waals surface area contributed by atoms with Crippen molar-refractivity contribution in [1.29, 1.82) is 0 Å². The fourth-order valence-corrected chi connectivity index (χ4v) is 2.66. The van der Waals surface area contributed by atoms with E-state index in [0.717, 1.165) is 23.8 Å². The molecule has 2 aromatic heterocycles. The minimum atomic E-state index is 0.350. The van der Waals surface area contributed by atoms with Crippen LogP contribution in [0.5, 0.6) is 0 Å². The molecule has 0 fully saturated rings. The number of hydrogen-bond acceptors (Lipinski definition) is 4. The minimum Gasteiger partial charge on any atom is -0.309 e. The molecule has 0 spiro atoms. The average molecular weight is 271 g/mol. The molecule has 6 heteroatoms. The molecular formula is C11H15ClN4S. The summed E-state index contributed by atoms with van der Waals surface area (Å²) in [6, 6.07) is 4.36. The number of rotatable bonds is 6. The molecule has 0 saturated heterocycles. The van der Waals surface area contributed by atoms with Crippen LogP contribution in [-0.4, -0.2) is 21.5 Å². The lowest BCUT2D eigenvalue weighted by Gasteiger charge is -2.11. The van der Waals surface area contributed by atoms with Crippen LogP contribution in [0.15, 0.2) is 24.5 Å². The van der Waals surface area contributed by atoms with Crippen LogP contribution in [0.2, 0.25) is 4.34 Å². The Labute approximate surface area is 110 Å². The third kappa shape index (κ3) is 3.80. The number of thiophene rings is 1. The van der Waals surface area contributed by atoms with E-state index in [1.807, 2.05) is 16.9 Å². The first-order valence-electron chi connectivity index (χ1n) is 5.58. The molecule has 0 aliphatic carbocycles. The van der Waals surface area contributed by atoms with Crippen LogP contribution in [0.3, 0.4) is 0 Å². The van der Waals surface area contributed by atoms with Crippen LogP contribution < -0.4 is 5.32 Å². The van der Waals surface area contributed by atoms with Crippen molar-refractivity contribution in [3.05, 3.63) is 33.7 Å². The van der Waals surface area contributed by atoms with E-state index in [1.54, 1.807) is 17.5 Å². The predicted molar refractivity (Wildman–Crippen MR) is 70.4 cm³/mol. The predicted octanol–water partition coefficient (Wildman–Crippen LogP) is 2.73. The number of hydrogen-bond donors (Lipinski definition) is 1. The summed E-state index contributed by atoms with van der Waals surface area (Å²) in [6.07, 6.45) is 4.61. The minimum absolute atomic E-state index is 0.350. The summed E-state index contributed by atoms with van der Waals surface area (Å²) in [4.78, 5) is 1.27. The highest BCUT2D eigenvalue weighted by Crippen LogP contribution is 2.26. The Morgan fingerprint density at radius 2 is 2.41 bits per heavy atom. The standard InChI is InChI=1S/C11H15ClN4S/c1-9(10-3-4-11(12)17-10)13-5-2-7-16-8-6-14-15-16/h3-4,6,8-9,13H,2,5,7H2,1H3. The summed E-state index contributed by atoms with van der Waals surface area (Å²) in [5.41, 5.74) is 0. The van der Waals surface area contributed by atoms with Crippen molar-refractivity contribution in [3.8, 4) is 0 Å². The number of aryl methyl sites for hydroxylation is 1. The molecule has 1 N–H and O–H groups in total. The highest BCUT2D eigenvalue weighted by Gasteiger charge is 2.06. The van der Waals surface area contributed by atoms with Gasteiger partial charge in [0.05, 0.1) is 10.5 Å². The van der Waals surface area contributed by atoms with Crippen molar-refractivity contribution in [2.24, 2.45) is 0 Å². The lowest BCUT2D eigenvalue weighted by Crippen LogP contribution is -2.20. The van der Waals surface area contributed by atoms with Crippen molar-refractivity contribution in [1.82, 2.24) is 20.3 Å². The van der Waals surface area contributed by atoms with E-state index >= 15 is 0 Å². The van der Waals surface area contributed by atoms with Gasteiger partial charge >= 0.3 is 0 Å². The first kappa shape index (κ1) is 12.5. The Hall–Kier alpha value is -0.910. The van der Waals surface area contributed by atoms with Crippen LogP contribution in [0.25, 0.3) is 0 Å². The van der Waals surface area contributed by atoms with Gasteiger partial charge in [-0.25, -0.2) is 0 Å². The van der Waals surface area contributed by atoms with Gasteiger partial charge in [-0.2, -0.15) is 0 Å². The molecule has 0 aliphatic heterocycles. The fourth-order valence-electron chi connectivity index (χ4n) is 1.57. The second-order valence-electron chi connectivity index (χ2n) is 3.84. The van der Waals surface area contributed by atoms with Crippen LogP contribution in [0, 0.1) is 0 Å². The van der Waals surface area contributed by atoms with E-state index in [9.17, 15) is 0 Å². The largest absolute Gasteiger partial charge is 0.309 e. The van der Waals surface area contributed by atoms with Gasteiger partial charge < -0.3 is 5.32 Å². The maximum Gasteiger partial charge on any atom is 0.0931 e. The molecule has 0 aliphatic rings. The van der Waals surface area contributed by atoms with Gasteiger partial charge in [-0.3, -0.25) is 4.68 Å². The zero-order valence-corrected chi connectivity index (χ0v) is 11.2. The van der Waals surface area contributed by atoms with E-state index < -0.39 is 0 Å². The Bertz CT molecular complexity index is 440. The van der Waals surface area contributed by atoms with Crippen LogP contribution in [-0.2, 0) is 6.54 Å². The normalized spacial score (nSPS) is 12.8. The Kier molecular flexibility index (Phi) is 4.53. The Morgan fingerprint density at radius 1 is 1.53 bits per heavy atom. The molecule has 0 radical (unpaired) electrons. The lowest BCUT2D eigenvalue weighted by atomic mass is 10.2. The molecule has 2 rings (SSSR count). The zero-order chi connectivity index (χ0) is 12.1. The summed E-state index contributed by atoms with van der Waals surface area (Å²) in [6.45, 7) is 4.00. The Morgan fingerprint density at radius 3 is 3.06 bits per heavy atom. The SMILES string of the molecule is CC(NCCCn1ccnn1)c1ccc(Cl)s1. The van der Waals surface area contributed by atoms with Crippen molar-refractivity contribution in [2.45, 2.75) is 25.9 Å². The van der Waals surface area contributed by atoms with Crippen LogP contribution in [0.1, 0.15) is 24.3 Å². The van der Waals surface area contributed by atoms with Gasteiger partial charge in [-0.1, -0.05) is 16.8 Å². The number of nitrogens with one attached hydrogen (secondary N) is 1. The van der Waals surface area contributed by atoms with E-state index in [1.165, 1.54) is 4.88 Å². The summed E-state index contributed by atoms with van der Waals surface area (Å²) >= 11 is 7.53. The van der Waals surface area contributed by atoms with Gasteiger partial charge in [0.25, 0.3) is 0 Å². The molecule has 2 heterocycles. The first-order chi connectivity index (χ1) is 8.25. The molecule has 1 atom stereocenters. The van der Waals surface area contributed by atoms with Crippen LogP contribution >= 0.6 is 22.9 Å². The third-order valence-corrected chi connectivity index (χ3v) is 3.92. The third-order valence-electron chi connectivity index (χ3n) is 2.51. The summed E-state index contributed by atoms with van der Waals surface area (Å²) < 4.78 is 2.69. The van der Waals surface area contributed by atoms with Crippen molar-refractivity contribution in [3.63, 3.8) is 0 Å². The number of nitrogens with zero attached hydrogens (tertiary/aromatic N) is 3. The van der Waals surface area contributed by atoms with E-state index in [4.69, 9.17) is 11.6 Å². The number of halogens is 1.